The van der Waals surface area contributed by atoms with Crippen LogP contribution in [0.25, 0.3) is 11.0 Å². The summed E-state index contributed by atoms with van der Waals surface area (Å²) in [4.78, 5) is 22.8. The van der Waals surface area contributed by atoms with Gasteiger partial charge in [-0.3, -0.25) is 0 Å². The molecule has 0 saturated carbocycles. The zero-order valence-corrected chi connectivity index (χ0v) is 9.02. The Bertz CT molecular complexity index is 689. The van der Waals surface area contributed by atoms with Gasteiger partial charge in [0.1, 0.15) is 11.1 Å². The van der Waals surface area contributed by atoms with Gasteiger partial charge in [-0.15, -0.1) is 6.42 Å². The molecule has 2 rings (SSSR count). The maximum absolute atomic E-state index is 11.5. The molecule has 1 aromatic carbocycles. The molecule has 0 bridgehead atoms. The molecular weight excluding hydrogens is 220 g/mol. The molecule has 0 spiro atoms. The molecule has 0 aliphatic rings. The molecule has 4 nitrogen and oxygen atoms in total. The summed E-state index contributed by atoms with van der Waals surface area (Å²) in [5.41, 5.74) is 0.0801. The average Bonchev–Trinajstić information content (AvgIpc) is 2.36. The summed E-state index contributed by atoms with van der Waals surface area (Å²) < 4.78 is 9.49. The summed E-state index contributed by atoms with van der Waals surface area (Å²) in [6.45, 7) is 0. The fourth-order valence-electron chi connectivity index (χ4n) is 1.45. The Kier molecular flexibility index (Phi) is 2.67. The summed E-state index contributed by atoms with van der Waals surface area (Å²) in [7, 11) is 1.20. The van der Waals surface area contributed by atoms with E-state index in [4.69, 9.17) is 10.8 Å². The standard InChI is InChI=1S/C13H8O4/c1-3-8-4-5-9-7-10(12(14)16-2)13(15)17-11(9)6-8/h1,4-7H,2H3. The lowest BCUT2D eigenvalue weighted by Gasteiger charge is -2.00. The fraction of sp³-hybridized carbons (Fsp3) is 0.0769. The monoisotopic (exact) mass is 228 g/mol. The molecule has 0 fully saturated rings. The zero-order chi connectivity index (χ0) is 12.4. The number of carbonyl (C=O) groups excluding carboxylic acids is 1. The van der Waals surface area contributed by atoms with Crippen LogP contribution in [0.2, 0.25) is 0 Å². The molecule has 0 saturated heterocycles. The number of carbonyl (C=O) groups is 1. The van der Waals surface area contributed by atoms with Gasteiger partial charge >= 0.3 is 11.6 Å². The molecule has 0 atom stereocenters. The molecule has 0 aliphatic heterocycles. The molecule has 1 heterocycles. The van der Waals surface area contributed by atoms with Crippen LogP contribution >= 0.6 is 0 Å². The molecule has 1 aromatic heterocycles. The summed E-state index contributed by atoms with van der Waals surface area (Å²) in [5.74, 6) is 1.71. The minimum atomic E-state index is -0.737. The lowest BCUT2D eigenvalue weighted by atomic mass is 10.1. The van der Waals surface area contributed by atoms with Crippen molar-refractivity contribution in [2.45, 2.75) is 0 Å². The molecule has 2 aromatic rings. The van der Waals surface area contributed by atoms with E-state index < -0.39 is 11.6 Å². The van der Waals surface area contributed by atoms with Crippen molar-refractivity contribution in [3.05, 3.63) is 45.8 Å². The van der Waals surface area contributed by atoms with E-state index in [0.717, 1.165) is 0 Å². The van der Waals surface area contributed by atoms with Crippen molar-refractivity contribution >= 4 is 16.9 Å². The first kappa shape index (κ1) is 11.0. The van der Waals surface area contributed by atoms with Crippen molar-refractivity contribution in [2.75, 3.05) is 7.11 Å². The number of ether oxygens (including phenoxy) is 1. The Morgan fingerprint density at radius 2 is 2.18 bits per heavy atom. The van der Waals surface area contributed by atoms with Gasteiger partial charge in [-0.25, -0.2) is 9.59 Å². The van der Waals surface area contributed by atoms with Crippen LogP contribution in [0.4, 0.5) is 0 Å². The van der Waals surface area contributed by atoms with E-state index in [9.17, 15) is 9.59 Å². The number of benzene rings is 1. The van der Waals surface area contributed by atoms with Crippen molar-refractivity contribution in [1.82, 2.24) is 0 Å². The number of esters is 1. The summed E-state index contributed by atoms with van der Waals surface area (Å²) in [6.07, 6.45) is 5.23. The van der Waals surface area contributed by atoms with Gasteiger partial charge in [0.05, 0.1) is 7.11 Å². The SMILES string of the molecule is C#Cc1ccc2cc(C(=O)OC)c(=O)oc2c1. The number of methoxy groups -OCH3 is 1. The predicted molar refractivity (Wildman–Crippen MR) is 61.8 cm³/mol. The third-order valence-corrected chi connectivity index (χ3v) is 2.31. The highest BCUT2D eigenvalue weighted by Gasteiger charge is 2.13. The van der Waals surface area contributed by atoms with Crippen LogP contribution in [0.3, 0.4) is 0 Å². The van der Waals surface area contributed by atoms with Gasteiger partial charge in [-0.2, -0.15) is 0 Å². The second kappa shape index (κ2) is 4.14. The van der Waals surface area contributed by atoms with E-state index in [2.05, 4.69) is 10.7 Å². The Balaban J connectivity index is 2.71. The highest BCUT2D eigenvalue weighted by molar-refractivity contribution is 5.92. The fourth-order valence-corrected chi connectivity index (χ4v) is 1.45. The average molecular weight is 228 g/mol. The van der Waals surface area contributed by atoms with Crippen molar-refractivity contribution in [3.63, 3.8) is 0 Å². The van der Waals surface area contributed by atoms with E-state index in [0.29, 0.717) is 16.5 Å². The quantitative estimate of drug-likeness (QED) is 0.422. The Labute approximate surface area is 96.8 Å². The molecule has 0 amide bonds. The van der Waals surface area contributed by atoms with Crippen LogP contribution in [0, 0.1) is 12.3 Å². The molecule has 0 radical (unpaired) electrons. The van der Waals surface area contributed by atoms with Crippen LogP contribution in [0.15, 0.2) is 33.5 Å². The second-order valence-corrected chi connectivity index (χ2v) is 3.34. The number of fused-ring (bicyclic) bond motifs is 1. The normalized spacial score (nSPS) is 9.88. The largest absolute Gasteiger partial charge is 0.465 e. The van der Waals surface area contributed by atoms with Crippen molar-refractivity contribution in [3.8, 4) is 12.3 Å². The van der Waals surface area contributed by atoms with Gasteiger partial charge in [-0.1, -0.05) is 5.92 Å². The van der Waals surface area contributed by atoms with Crippen molar-refractivity contribution in [2.24, 2.45) is 0 Å². The van der Waals surface area contributed by atoms with Crippen LogP contribution < -0.4 is 5.63 Å². The smallest absolute Gasteiger partial charge is 0.351 e. The number of hydrogen-bond acceptors (Lipinski definition) is 4. The van der Waals surface area contributed by atoms with Crippen LogP contribution in [-0.4, -0.2) is 13.1 Å². The van der Waals surface area contributed by atoms with Crippen LogP contribution in [-0.2, 0) is 4.74 Å². The molecule has 17 heavy (non-hydrogen) atoms. The van der Waals surface area contributed by atoms with Gasteiger partial charge in [0.15, 0.2) is 0 Å². The van der Waals surface area contributed by atoms with E-state index in [1.165, 1.54) is 13.2 Å². The summed E-state index contributed by atoms with van der Waals surface area (Å²) in [5, 5.41) is 0.615. The number of terminal acetylenes is 1. The van der Waals surface area contributed by atoms with Gasteiger partial charge < -0.3 is 9.15 Å². The zero-order valence-electron chi connectivity index (χ0n) is 9.02. The van der Waals surface area contributed by atoms with Gasteiger partial charge in [0.25, 0.3) is 0 Å². The lowest BCUT2D eigenvalue weighted by molar-refractivity contribution is 0.0596. The highest BCUT2D eigenvalue weighted by Crippen LogP contribution is 2.15. The second-order valence-electron chi connectivity index (χ2n) is 3.34. The predicted octanol–water partition coefficient (Wildman–Crippen LogP) is 1.56. The van der Waals surface area contributed by atoms with Crippen molar-refractivity contribution in [1.29, 1.82) is 0 Å². The van der Waals surface area contributed by atoms with Gasteiger partial charge in [0, 0.05) is 10.9 Å². The molecular formula is C13H8O4. The maximum Gasteiger partial charge on any atom is 0.351 e. The lowest BCUT2D eigenvalue weighted by Crippen LogP contribution is -2.14. The molecule has 4 heteroatoms. The molecule has 84 valence electrons. The third-order valence-electron chi connectivity index (χ3n) is 2.31. The third kappa shape index (κ3) is 1.91. The van der Waals surface area contributed by atoms with Crippen LogP contribution in [0.5, 0.6) is 0 Å². The Hall–Kier alpha value is -2.54. The van der Waals surface area contributed by atoms with Gasteiger partial charge in [0.2, 0.25) is 0 Å². The first-order valence-electron chi connectivity index (χ1n) is 4.78. The molecule has 0 unspecified atom stereocenters. The first-order chi connectivity index (χ1) is 8.15. The minimum Gasteiger partial charge on any atom is -0.465 e. The van der Waals surface area contributed by atoms with E-state index in [1.54, 1.807) is 18.2 Å². The highest BCUT2D eigenvalue weighted by atomic mass is 16.5. The maximum atomic E-state index is 11.5. The minimum absolute atomic E-state index is 0.131. The van der Waals surface area contributed by atoms with E-state index >= 15 is 0 Å². The summed E-state index contributed by atoms with van der Waals surface area (Å²) >= 11 is 0. The first-order valence-corrected chi connectivity index (χ1v) is 4.78. The Morgan fingerprint density at radius 3 is 2.82 bits per heavy atom. The number of rotatable bonds is 1. The topological polar surface area (TPSA) is 56.5 Å². The van der Waals surface area contributed by atoms with E-state index in [-0.39, 0.29) is 5.56 Å². The van der Waals surface area contributed by atoms with Gasteiger partial charge in [-0.05, 0) is 24.3 Å². The van der Waals surface area contributed by atoms with Crippen LogP contribution in [0.1, 0.15) is 15.9 Å². The Morgan fingerprint density at radius 1 is 1.41 bits per heavy atom. The van der Waals surface area contributed by atoms with Crippen molar-refractivity contribution < 1.29 is 13.9 Å². The summed E-state index contributed by atoms with van der Waals surface area (Å²) in [6, 6.07) is 6.37. The number of hydrogen-bond donors (Lipinski definition) is 0. The van der Waals surface area contributed by atoms with E-state index in [1.807, 2.05) is 0 Å². The molecule has 0 aliphatic carbocycles. The molecule has 0 N–H and O–H groups in total.